The number of nitrogens with zero attached hydrogens (tertiary/aromatic N) is 2. The van der Waals surface area contributed by atoms with Gasteiger partial charge in [0.05, 0.1) is 0 Å². The maximum atomic E-state index is 3.43. The number of hydrogen-bond acceptors (Lipinski definition) is 3. The Bertz CT molecular complexity index is 387. The third-order valence-corrected chi connectivity index (χ3v) is 3.52. The van der Waals surface area contributed by atoms with Crippen molar-refractivity contribution in [1.29, 1.82) is 0 Å². The zero-order valence-electron chi connectivity index (χ0n) is 12.1. The summed E-state index contributed by atoms with van der Waals surface area (Å²) in [6, 6.07) is 8.68. The fourth-order valence-electron chi connectivity index (χ4n) is 2.31. The monoisotopic (exact) mass is 259 g/mol. The van der Waals surface area contributed by atoms with Gasteiger partial charge in [-0.05, 0) is 37.2 Å². The number of nitrogens with one attached hydrogen (secondary N) is 1. The molecule has 1 N–H and O–H groups in total. The SMILES string of the molecule is CN(C)c1ccc(/C=C/CN2CCCNCC2)cc1. The van der Waals surface area contributed by atoms with Crippen molar-refractivity contribution in [2.45, 2.75) is 6.42 Å². The first-order chi connectivity index (χ1) is 9.25. The van der Waals surface area contributed by atoms with Crippen molar-refractivity contribution in [2.75, 3.05) is 51.7 Å². The minimum Gasteiger partial charge on any atom is -0.378 e. The summed E-state index contributed by atoms with van der Waals surface area (Å²) in [5.41, 5.74) is 2.52. The van der Waals surface area contributed by atoms with E-state index in [0.717, 1.165) is 26.2 Å². The van der Waals surface area contributed by atoms with Crippen molar-refractivity contribution in [3.05, 3.63) is 35.9 Å². The van der Waals surface area contributed by atoms with E-state index < -0.39 is 0 Å². The summed E-state index contributed by atoms with van der Waals surface area (Å²) in [6.07, 6.45) is 5.75. The van der Waals surface area contributed by atoms with Crippen LogP contribution in [0.1, 0.15) is 12.0 Å². The summed E-state index contributed by atoms with van der Waals surface area (Å²) in [4.78, 5) is 4.63. The summed E-state index contributed by atoms with van der Waals surface area (Å²) in [5, 5.41) is 3.43. The average Bonchev–Trinajstić information content (AvgIpc) is 2.68. The van der Waals surface area contributed by atoms with Gasteiger partial charge in [-0.15, -0.1) is 0 Å². The molecule has 0 amide bonds. The molecule has 104 valence electrons. The molecule has 0 atom stereocenters. The number of rotatable bonds is 4. The quantitative estimate of drug-likeness (QED) is 0.893. The zero-order chi connectivity index (χ0) is 13.5. The Morgan fingerprint density at radius 2 is 1.95 bits per heavy atom. The van der Waals surface area contributed by atoms with Crippen LogP contribution >= 0.6 is 0 Å². The predicted octanol–water partition coefficient (Wildman–Crippen LogP) is 2.06. The van der Waals surface area contributed by atoms with Crippen LogP contribution in [0.4, 0.5) is 5.69 Å². The second-order valence-corrected chi connectivity index (χ2v) is 5.29. The third kappa shape index (κ3) is 4.69. The molecule has 0 unspecified atom stereocenters. The molecule has 19 heavy (non-hydrogen) atoms. The second kappa shape index (κ2) is 7.31. The maximum Gasteiger partial charge on any atom is 0.0361 e. The van der Waals surface area contributed by atoms with Crippen molar-refractivity contribution in [1.82, 2.24) is 10.2 Å². The van der Waals surface area contributed by atoms with E-state index in [2.05, 4.69) is 65.6 Å². The van der Waals surface area contributed by atoms with Crippen LogP contribution < -0.4 is 10.2 Å². The lowest BCUT2D eigenvalue weighted by Crippen LogP contribution is -2.28. The Morgan fingerprint density at radius 1 is 1.16 bits per heavy atom. The first-order valence-electron chi connectivity index (χ1n) is 7.13. The van der Waals surface area contributed by atoms with Gasteiger partial charge in [-0.3, -0.25) is 4.90 Å². The van der Waals surface area contributed by atoms with Crippen molar-refractivity contribution in [3.8, 4) is 0 Å². The molecule has 1 aliphatic rings. The van der Waals surface area contributed by atoms with Gasteiger partial charge in [0.15, 0.2) is 0 Å². The molecule has 3 heteroatoms. The zero-order valence-corrected chi connectivity index (χ0v) is 12.1. The molecule has 3 nitrogen and oxygen atoms in total. The summed E-state index contributed by atoms with van der Waals surface area (Å²) < 4.78 is 0. The lowest BCUT2D eigenvalue weighted by Gasteiger charge is -2.16. The molecule has 2 rings (SSSR count). The Balaban J connectivity index is 1.84. The number of anilines is 1. The van der Waals surface area contributed by atoms with E-state index in [1.165, 1.54) is 24.2 Å². The molecule has 0 aliphatic carbocycles. The van der Waals surface area contributed by atoms with Crippen molar-refractivity contribution >= 4 is 11.8 Å². The van der Waals surface area contributed by atoms with Gasteiger partial charge in [0, 0.05) is 39.4 Å². The van der Waals surface area contributed by atoms with Crippen molar-refractivity contribution < 1.29 is 0 Å². The van der Waals surface area contributed by atoms with Crippen LogP contribution in [0, 0.1) is 0 Å². The van der Waals surface area contributed by atoms with E-state index >= 15 is 0 Å². The largest absolute Gasteiger partial charge is 0.378 e. The third-order valence-electron chi connectivity index (χ3n) is 3.52. The van der Waals surface area contributed by atoms with Gasteiger partial charge in [-0.1, -0.05) is 24.3 Å². The minimum absolute atomic E-state index is 1.05. The fraction of sp³-hybridized carbons (Fsp3) is 0.500. The van der Waals surface area contributed by atoms with Crippen LogP contribution in [0.25, 0.3) is 6.08 Å². The molecule has 0 bridgehead atoms. The molecule has 1 aliphatic heterocycles. The molecule has 1 aromatic carbocycles. The van der Waals surface area contributed by atoms with Crippen LogP contribution in [0.15, 0.2) is 30.3 Å². The number of benzene rings is 1. The van der Waals surface area contributed by atoms with E-state index in [-0.39, 0.29) is 0 Å². The molecular formula is C16H25N3. The Kier molecular flexibility index (Phi) is 5.43. The molecule has 0 spiro atoms. The molecule has 0 saturated carbocycles. The Morgan fingerprint density at radius 3 is 2.68 bits per heavy atom. The molecule has 1 fully saturated rings. The second-order valence-electron chi connectivity index (χ2n) is 5.29. The summed E-state index contributed by atoms with van der Waals surface area (Å²) >= 11 is 0. The van der Waals surface area contributed by atoms with Crippen molar-refractivity contribution in [2.24, 2.45) is 0 Å². The van der Waals surface area contributed by atoms with Gasteiger partial charge >= 0.3 is 0 Å². The molecular weight excluding hydrogens is 234 g/mol. The van der Waals surface area contributed by atoms with E-state index in [9.17, 15) is 0 Å². The van der Waals surface area contributed by atoms with Crippen LogP contribution in [0.3, 0.4) is 0 Å². The fourth-order valence-corrected chi connectivity index (χ4v) is 2.31. The highest BCUT2D eigenvalue weighted by molar-refractivity contribution is 5.55. The first-order valence-corrected chi connectivity index (χ1v) is 7.13. The lowest BCUT2D eigenvalue weighted by atomic mass is 10.2. The van der Waals surface area contributed by atoms with Crippen LogP contribution in [-0.2, 0) is 0 Å². The highest BCUT2D eigenvalue weighted by atomic mass is 15.1. The molecule has 1 saturated heterocycles. The normalized spacial score (nSPS) is 17.6. The van der Waals surface area contributed by atoms with Gasteiger partial charge in [0.1, 0.15) is 0 Å². The van der Waals surface area contributed by atoms with E-state index in [1.54, 1.807) is 0 Å². The van der Waals surface area contributed by atoms with E-state index in [0.29, 0.717) is 0 Å². The lowest BCUT2D eigenvalue weighted by molar-refractivity contribution is 0.324. The summed E-state index contributed by atoms with van der Waals surface area (Å²) in [5.74, 6) is 0. The highest BCUT2D eigenvalue weighted by Crippen LogP contribution is 2.13. The molecule has 0 aromatic heterocycles. The van der Waals surface area contributed by atoms with E-state index in [4.69, 9.17) is 0 Å². The van der Waals surface area contributed by atoms with Crippen LogP contribution in [0.2, 0.25) is 0 Å². The summed E-state index contributed by atoms with van der Waals surface area (Å²) in [6.45, 7) is 5.69. The highest BCUT2D eigenvalue weighted by Gasteiger charge is 2.05. The first kappa shape index (κ1) is 14.1. The van der Waals surface area contributed by atoms with Crippen LogP contribution in [0.5, 0.6) is 0 Å². The molecule has 1 heterocycles. The van der Waals surface area contributed by atoms with Crippen LogP contribution in [-0.4, -0.2) is 51.7 Å². The maximum absolute atomic E-state index is 3.43. The van der Waals surface area contributed by atoms with Gasteiger partial charge in [-0.25, -0.2) is 0 Å². The number of hydrogen-bond donors (Lipinski definition) is 1. The van der Waals surface area contributed by atoms with E-state index in [1.807, 2.05) is 0 Å². The van der Waals surface area contributed by atoms with Gasteiger partial charge in [0.2, 0.25) is 0 Å². The predicted molar refractivity (Wildman–Crippen MR) is 83.7 cm³/mol. The standard InChI is InChI=1S/C16H25N3/c1-18(2)16-8-6-15(7-9-16)5-3-12-19-13-4-10-17-11-14-19/h3,5-9,17H,4,10-14H2,1-2H3/b5-3+. The van der Waals surface area contributed by atoms with Crippen molar-refractivity contribution in [3.63, 3.8) is 0 Å². The topological polar surface area (TPSA) is 18.5 Å². The smallest absolute Gasteiger partial charge is 0.0361 e. The van der Waals surface area contributed by atoms with Gasteiger partial charge < -0.3 is 10.2 Å². The molecule has 0 radical (unpaired) electrons. The Labute approximate surface area is 116 Å². The Hall–Kier alpha value is -1.32. The average molecular weight is 259 g/mol. The molecule has 1 aromatic rings. The van der Waals surface area contributed by atoms with Gasteiger partial charge in [-0.2, -0.15) is 0 Å². The van der Waals surface area contributed by atoms with Gasteiger partial charge in [0.25, 0.3) is 0 Å². The minimum atomic E-state index is 1.05. The summed E-state index contributed by atoms with van der Waals surface area (Å²) in [7, 11) is 4.14.